The van der Waals surface area contributed by atoms with Crippen molar-refractivity contribution in [3.63, 3.8) is 0 Å². The second-order valence-corrected chi connectivity index (χ2v) is 2.70. The normalized spacial score (nSPS) is 11.3. The molecule has 0 bridgehead atoms. The first-order chi connectivity index (χ1) is 6.86. The maximum absolute atomic E-state index is 12.2. The predicted molar refractivity (Wildman–Crippen MR) is 44.5 cm³/mol. The fraction of sp³-hybridized carbons (Fsp3) is 0.143. The molecule has 0 aromatic carbocycles. The number of hydrogen-bond donors (Lipinski definition) is 2. The summed E-state index contributed by atoms with van der Waals surface area (Å²) in [5.74, 6) is 0. The molecule has 0 fully saturated rings. The van der Waals surface area contributed by atoms with Crippen LogP contribution in [-0.2, 0) is 6.18 Å². The van der Waals surface area contributed by atoms with Crippen LogP contribution >= 0.6 is 0 Å². The van der Waals surface area contributed by atoms with Crippen LogP contribution in [0.5, 0.6) is 0 Å². The molecule has 0 amide bonds. The number of hydrogen-bond acceptors (Lipinski definition) is 4. The summed E-state index contributed by atoms with van der Waals surface area (Å²) >= 11 is 0. The Labute approximate surface area is 82.5 Å². The van der Waals surface area contributed by atoms with Gasteiger partial charge in [0.2, 0.25) is 0 Å². The molecular formula is C7H5BF3NO3. The molecule has 0 atom stereocenters. The second kappa shape index (κ2) is 3.99. The highest BCUT2D eigenvalue weighted by molar-refractivity contribution is 6.58. The van der Waals surface area contributed by atoms with Gasteiger partial charge in [0.05, 0.1) is 0 Å². The summed E-state index contributed by atoms with van der Waals surface area (Å²) in [4.78, 5) is 13.3. The minimum absolute atomic E-state index is 0.0400. The lowest BCUT2D eigenvalue weighted by atomic mass is 9.81. The standard InChI is InChI=1S/C7H5BF3NO3/c9-7(10,11)6-4(3-13)1-5(2-12-6)8(14)15/h1-3,14-15H. The zero-order valence-electron chi connectivity index (χ0n) is 7.19. The van der Waals surface area contributed by atoms with Crippen molar-refractivity contribution in [3.8, 4) is 0 Å². The fourth-order valence-electron chi connectivity index (χ4n) is 0.967. The number of pyridine rings is 1. The maximum atomic E-state index is 12.2. The SMILES string of the molecule is O=Cc1cc(B(O)O)cnc1C(F)(F)F. The first-order valence-electron chi connectivity index (χ1n) is 3.74. The van der Waals surface area contributed by atoms with E-state index >= 15 is 0 Å². The van der Waals surface area contributed by atoms with Gasteiger partial charge in [0.1, 0.15) is 0 Å². The van der Waals surface area contributed by atoms with Gasteiger partial charge in [-0.05, 0) is 6.07 Å². The van der Waals surface area contributed by atoms with Gasteiger partial charge in [0, 0.05) is 17.2 Å². The lowest BCUT2D eigenvalue weighted by Crippen LogP contribution is -2.31. The highest BCUT2D eigenvalue weighted by Crippen LogP contribution is 2.28. The average Bonchev–Trinajstić information content (AvgIpc) is 2.15. The zero-order chi connectivity index (χ0) is 11.6. The smallest absolute Gasteiger partial charge is 0.423 e. The van der Waals surface area contributed by atoms with Crippen molar-refractivity contribution in [3.05, 3.63) is 23.5 Å². The Bertz CT molecular complexity index is 380. The van der Waals surface area contributed by atoms with E-state index in [4.69, 9.17) is 10.0 Å². The van der Waals surface area contributed by atoms with Crippen molar-refractivity contribution in [1.29, 1.82) is 0 Å². The van der Waals surface area contributed by atoms with E-state index < -0.39 is 24.6 Å². The summed E-state index contributed by atoms with van der Waals surface area (Å²) in [6.45, 7) is 0. The molecule has 1 heterocycles. The van der Waals surface area contributed by atoms with E-state index in [9.17, 15) is 18.0 Å². The lowest BCUT2D eigenvalue weighted by molar-refractivity contribution is -0.141. The number of alkyl halides is 3. The van der Waals surface area contributed by atoms with Gasteiger partial charge in [-0.2, -0.15) is 13.2 Å². The van der Waals surface area contributed by atoms with E-state index in [0.29, 0.717) is 6.20 Å². The zero-order valence-corrected chi connectivity index (χ0v) is 7.19. The van der Waals surface area contributed by atoms with Gasteiger partial charge in [0.15, 0.2) is 12.0 Å². The van der Waals surface area contributed by atoms with Gasteiger partial charge >= 0.3 is 13.3 Å². The molecule has 0 saturated heterocycles. The van der Waals surface area contributed by atoms with E-state index in [1.807, 2.05) is 0 Å². The molecule has 0 aliphatic rings. The summed E-state index contributed by atoms with van der Waals surface area (Å²) in [5, 5.41) is 17.3. The van der Waals surface area contributed by atoms with Crippen molar-refractivity contribution in [2.45, 2.75) is 6.18 Å². The third kappa shape index (κ3) is 2.54. The lowest BCUT2D eigenvalue weighted by Gasteiger charge is -2.09. The Balaban J connectivity index is 3.27. The van der Waals surface area contributed by atoms with E-state index in [0.717, 1.165) is 6.07 Å². The largest absolute Gasteiger partial charge is 0.490 e. The summed E-state index contributed by atoms with van der Waals surface area (Å²) in [6, 6.07) is 0.730. The van der Waals surface area contributed by atoms with Gasteiger partial charge < -0.3 is 10.0 Å². The number of aldehydes is 1. The number of carbonyl (C=O) groups is 1. The molecule has 1 aromatic rings. The van der Waals surface area contributed by atoms with E-state index in [1.54, 1.807) is 0 Å². The predicted octanol–water partition coefficient (Wildman–Crippen LogP) is -0.407. The molecular weight excluding hydrogens is 214 g/mol. The highest BCUT2D eigenvalue weighted by Gasteiger charge is 2.35. The van der Waals surface area contributed by atoms with Gasteiger partial charge in [-0.25, -0.2) is 0 Å². The van der Waals surface area contributed by atoms with Crippen LogP contribution in [0, 0.1) is 0 Å². The van der Waals surface area contributed by atoms with Gasteiger partial charge in [-0.15, -0.1) is 0 Å². The monoisotopic (exact) mass is 219 g/mol. The molecule has 0 aliphatic heterocycles. The molecule has 4 nitrogen and oxygen atoms in total. The van der Waals surface area contributed by atoms with E-state index in [-0.39, 0.29) is 11.7 Å². The van der Waals surface area contributed by atoms with Gasteiger partial charge in [-0.1, -0.05) is 0 Å². The van der Waals surface area contributed by atoms with Crippen molar-refractivity contribution >= 4 is 18.9 Å². The quantitative estimate of drug-likeness (QED) is 0.524. The summed E-state index contributed by atoms with van der Waals surface area (Å²) in [7, 11) is -1.96. The van der Waals surface area contributed by atoms with Crippen LogP contribution < -0.4 is 5.46 Å². The summed E-state index contributed by atoms with van der Waals surface area (Å²) in [5.41, 5.74) is -2.35. The molecule has 0 unspecified atom stereocenters. The summed E-state index contributed by atoms with van der Waals surface area (Å²) in [6.07, 6.45) is -4.13. The average molecular weight is 219 g/mol. The summed E-state index contributed by atoms with van der Waals surface area (Å²) < 4.78 is 36.7. The minimum Gasteiger partial charge on any atom is -0.423 e. The molecule has 15 heavy (non-hydrogen) atoms. The number of carbonyl (C=O) groups excluding carboxylic acids is 1. The molecule has 0 spiro atoms. The topological polar surface area (TPSA) is 70.4 Å². The van der Waals surface area contributed by atoms with Gasteiger partial charge in [0.25, 0.3) is 0 Å². The number of aromatic nitrogens is 1. The first kappa shape index (κ1) is 11.7. The third-order valence-electron chi connectivity index (χ3n) is 1.63. The van der Waals surface area contributed by atoms with Gasteiger partial charge in [-0.3, -0.25) is 9.78 Å². The van der Waals surface area contributed by atoms with Crippen LogP contribution in [-0.4, -0.2) is 28.4 Å². The molecule has 0 saturated carbocycles. The third-order valence-corrected chi connectivity index (χ3v) is 1.63. The highest BCUT2D eigenvalue weighted by atomic mass is 19.4. The van der Waals surface area contributed by atoms with Crippen LogP contribution in [0.15, 0.2) is 12.3 Å². The maximum Gasteiger partial charge on any atom is 0.490 e. The van der Waals surface area contributed by atoms with Crippen molar-refractivity contribution in [2.75, 3.05) is 0 Å². The van der Waals surface area contributed by atoms with Crippen LogP contribution in [0.25, 0.3) is 0 Å². The molecule has 0 radical (unpaired) electrons. The van der Waals surface area contributed by atoms with Crippen LogP contribution in [0.2, 0.25) is 0 Å². The second-order valence-electron chi connectivity index (χ2n) is 2.70. The Morgan fingerprint density at radius 3 is 2.40 bits per heavy atom. The Kier molecular flexibility index (Phi) is 3.11. The molecule has 2 N–H and O–H groups in total. The van der Waals surface area contributed by atoms with Crippen molar-refractivity contribution < 1.29 is 28.0 Å². The fourth-order valence-corrected chi connectivity index (χ4v) is 0.967. The number of rotatable bonds is 2. The van der Waals surface area contributed by atoms with E-state index in [1.165, 1.54) is 0 Å². The van der Waals surface area contributed by atoms with Crippen LogP contribution in [0.1, 0.15) is 16.1 Å². The van der Waals surface area contributed by atoms with Crippen LogP contribution in [0.4, 0.5) is 13.2 Å². The Morgan fingerprint density at radius 1 is 1.40 bits per heavy atom. The number of halogens is 3. The Morgan fingerprint density at radius 2 is 2.00 bits per heavy atom. The Hall–Kier alpha value is -1.41. The van der Waals surface area contributed by atoms with Crippen molar-refractivity contribution in [2.24, 2.45) is 0 Å². The molecule has 8 heteroatoms. The molecule has 1 rings (SSSR count). The molecule has 1 aromatic heterocycles. The molecule has 0 aliphatic carbocycles. The first-order valence-corrected chi connectivity index (χ1v) is 3.74. The van der Waals surface area contributed by atoms with Crippen molar-refractivity contribution in [1.82, 2.24) is 4.98 Å². The minimum atomic E-state index is -4.74. The van der Waals surface area contributed by atoms with Crippen LogP contribution in [0.3, 0.4) is 0 Å². The number of nitrogens with zero attached hydrogens (tertiary/aromatic N) is 1. The van der Waals surface area contributed by atoms with E-state index in [2.05, 4.69) is 4.98 Å². The molecule has 80 valence electrons.